The van der Waals surface area contributed by atoms with Gasteiger partial charge in [-0.3, -0.25) is 14.6 Å². The Bertz CT molecular complexity index is 408. The van der Waals surface area contributed by atoms with Gasteiger partial charge in [-0.2, -0.15) is 0 Å². The molecule has 0 radical (unpaired) electrons. The van der Waals surface area contributed by atoms with Crippen LogP contribution in [-0.2, 0) is 14.3 Å². The zero-order valence-electron chi connectivity index (χ0n) is 9.76. The third kappa shape index (κ3) is 2.52. The molecule has 1 aromatic heterocycles. The maximum absolute atomic E-state index is 11.7. The Morgan fingerprint density at radius 3 is 2.76 bits per heavy atom. The van der Waals surface area contributed by atoms with Crippen LogP contribution in [0.15, 0.2) is 24.5 Å². The number of nitrogens with zero attached hydrogens (tertiary/aromatic N) is 1. The first-order chi connectivity index (χ1) is 8.22. The van der Waals surface area contributed by atoms with Crippen molar-refractivity contribution in [2.24, 2.45) is 5.92 Å². The van der Waals surface area contributed by atoms with Crippen molar-refractivity contribution < 1.29 is 14.3 Å². The Hall–Kier alpha value is -1.71. The molecular weight excluding hydrogens is 218 g/mol. The van der Waals surface area contributed by atoms with Crippen LogP contribution in [0.2, 0.25) is 0 Å². The summed E-state index contributed by atoms with van der Waals surface area (Å²) >= 11 is 0. The van der Waals surface area contributed by atoms with E-state index in [2.05, 4.69) is 9.72 Å². The van der Waals surface area contributed by atoms with Gasteiger partial charge < -0.3 is 4.74 Å². The van der Waals surface area contributed by atoms with Crippen LogP contribution < -0.4 is 0 Å². The summed E-state index contributed by atoms with van der Waals surface area (Å²) in [4.78, 5) is 27.1. The lowest BCUT2D eigenvalue weighted by Gasteiger charge is -2.26. The maximum atomic E-state index is 11.7. The highest BCUT2D eigenvalue weighted by Crippen LogP contribution is 2.34. The fourth-order valence-corrected chi connectivity index (χ4v) is 2.33. The summed E-state index contributed by atoms with van der Waals surface area (Å²) in [7, 11) is 1.33. The Morgan fingerprint density at radius 2 is 2.12 bits per heavy atom. The van der Waals surface area contributed by atoms with E-state index in [1.54, 1.807) is 12.4 Å². The number of ketones is 1. The minimum Gasteiger partial charge on any atom is -0.468 e. The zero-order chi connectivity index (χ0) is 12.3. The molecule has 1 saturated carbocycles. The molecule has 0 amide bonds. The van der Waals surface area contributed by atoms with E-state index in [4.69, 9.17) is 0 Å². The summed E-state index contributed by atoms with van der Waals surface area (Å²) in [5.41, 5.74) is 1.14. The fourth-order valence-electron chi connectivity index (χ4n) is 2.33. The first-order valence-corrected chi connectivity index (χ1v) is 5.73. The van der Waals surface area contributed by atoms with Crippen molar-refractivity contribution in [2.45, 2.75) is 25.2 Å². The average molecular weight is 233 g/mol. The molecule has 0 N–H and O–H groups in total. The molecule has 0 spiro atoms. The molecule has 4 nitrogen and oxygen atoms in total. The van der Waals surface area contributed by atoms with Gasteiger partial charge in [0.05, 0.1) is 7.11 Å². The van der Waals surface area contributed by atoms with Gasteiger partial charge in [0.15, 0.2) is 0 Å². The fraction of sp³-hybridized carbons (Fsp3) is 0.462. The molecule has 90 valence electrons. The van der Waals surface area contributed by atoms with Crippen LogP contribution in [0.5, 0.6) is 0 Å². The second-order valence-corrected chi connectivity index (χ2v) is 4.29. The van der Waals surface area contributed by atoms with Crippen LogP contribution >= 0.6 is 0 Å². The lowest BCUT2D eigenvalue weighted by Crippen LogP contribution is -2.31. The molecule has 0 aliphatic heterocycles. The normalized spacial score (nSPS) is 24.4. The first-order valence-electron chi connectivity index (χ1n) is 5.73. The molecular formula is C13H15NO3. The van der Waals surface area contributed by atoms with Crippen LogP contribution in [0.3, 0.4) is 0 Å². The standard InChI is InChI=1S/C13H15NO3/c1-17-13(16)11-8-10(2-3-12(11)15)9-4-6-14-7-5-9/h4-7,10-11H,2-3,8H2,1H3. The molecule has 2 rings (SSSR count). The molecule has 0 bridgehead atoms. The van der Waals surface area contributed by atoms with Crippen LogP contribution in [-0.4, -0.2) is 23.8 Å². The predicted molar refractivity (Wildman–Crippen MR) is 61.3 cm³/mol. The van der Waals surface area contributed by atoms with Crippen LogP contribution in [0.4, 0.5) is 0 Å². The second kappa shape index (κ2) is 5.08. The Labute approximate surface area is 100 Å². The minimum absolute atomic E-state index is 0.00200. The highest BCUT2D eigenvalue weighted by atomic mass is 16.5. The second-order valence-electron chi connectivity index (χ2n) is 4.29. The van der Waals surface area contributed by atoms with Crippen LogP contribution in [0.25, 0.3) is 0 Å². The van der Waals surface area contributed by atoms with Gasteiger partial charge in [0, 0.05) is 18.8 Å². The third-order valence-electron chi connectivity index (χ3n) is 3.31. The zero-order valence-corrected chi connectivity index (χ0v) is 9.76. The molecule has 2 atom stereocenters. The molecule has 4 heteroatoms. The smallest absolute Gasteiger partial charge is 0.316 e. The number of ether oxygens (including phenoxy) is 1. The summed E-state index contributed by atoms with van der Waals surface area (Å²) in [5.74, 6) is -0.748. The van der Waals surface area contributed by atoms with E-state index in [-0.39, 0.29) is 11.7 Å². The summed E-state index contributed by atoms with van der Waals surface area (Å²) in [6.07, 6.45) is 5.27. The largest absolute Gasteiger partial charge is 0.468 e. The number of carbonyl (C=O) groups is 2. The van der Waals surface area contributed by atoms with Gasteiger partial charge in [-0.25, -0.2) is 0 Å². The van der Waals surface area contributed by atoms with Crippen LogP contribution in [0.1, 0.15) is 30.7 Å². The number of carbonyl (C=O) groups excluding carboxylic acids is 2. The van der Waals surface area contributed by atoms with Crippen molar-refractivity contribution in [1.29, 1.82) is 0 Å². The lowest BCUT2D eigenvalue weighted by atomic mass is 9.77. The molecule has 1 aliphatic carbocycles. The summed E-state index contributed by atoms with van der Waals surface area (Å²) in [6, 6.07) is 3.88. The van der Waals surface area contributed by atoms with E-state index in [0.29, 0.717) is 12.8 Å². The highest BCUT2D eigenvalue weighted by Gasteiger charge is 2.35. The molecule has 1 aliphatic rings. The number of pyridine rings is 1. The van der Waals surface area contributed by atoms with E-state index < -0.39 is 11.9 Å². The molecule has 1 fully saturated rings. The first kappa shape index (κ1) is 11.8. The van der Waals surface area contributed by atoms with Crippen molar-refractivity contribution in [3.05, 3.63) is 30.1 Å². The summed E-state index contributed by atoms with van der Waals surface area (Å²) < 4.78 is 4.67. The molecule has 17 heavy (non-hydrogen) atoms. The van der Waals surface area contributed by atoms with Crippen molar-refractivity contribution in [2.75, 3.05) is 7.11 Å². The van der Waals surface area contributed by atoms with E-state index in [9.17, 15) is 9.59 Å². The number of methoxy groups -OCH3 is 1. The molecule has 2 unspecified atom stereocenters. The highest BCUT2D eigenvalue weighted by molar-refractivity contribution is 5.99. The quantitative estimate of drug-likeness (QED) is 0.576. The van der Waals surface area contributed by atoms with Crippen molar-refractivity contribution >= 4 is 11.8 Å². The van der Waals surface area contributed by atoms with Gasteiger partial charge in [-0.15, -0.1) is 0 Å². The number of esters is 1. The third-order valence-corrected chi connectivity index (χ3v) is 3.31. The van der Waals surface area contributed by atoms with Gasteiger partial charge in [-0.05, 0) is 36.5 Å². The summed E-state index contributed by atoms with van der Waals surface area (Å²) in [6.45, 7) is 0. The van der Waals surface area contributed by atoms with Crippen molar-refractivity contribution in [3.8, 4) is 0 Å². The van der Waals surface area contributed by atoms with Crippen molar-refractivity contribution in [3.63, 3.8) is 0 Å². The topological polar surface area (TPSA) is 56.3 Å². The summed E-state index contributed by atoms with van der Waals surface area (Å²) in [5, 5.41) is 0. The molecule has 1 heterocycles. The lowest BCUT2D eigenvalue weighted by molar-refractivity contribution is -0.150. The number of hydrogen-bond donors (Lipinski definition) is 0. The van der Waals surface area contributed by atoms with E-state index >= 15 is 0 Å². The van der Waals surface area contributed by atoms with E-state index in [1.165, 1.54) is 7.11 Å². The molecule has 0 saturated heterocycles. The maximum Gasteiger partial charge on any atom is 0.316 e. The number of hydrogen-bond acceptors (Lipinski definition) is 4. The van der Waals surface area contributed by atoms with Gasteiger partial charge in [0.25, 0.3) is 0 Å². The van der Waals surface area contributed by atoms with Crippen LogP contribution in [0, 0.1) is 5.92 Å². The minimum atomic E-state index is -0.591. The number of Topliss-reactive ketones (excluding diaryl/α,β-unsaturated/α-hetero) is 1. The van der Waals surface area contributed by atoms with Crippen molar-refractivity contribution in [1.82, 2.24) is 4.98 Å². The van der Waals surface area contributed by atoms with E-state index in [1.807, 2.05) is 12.1 Å². The van der Waals surface area contributed by atoms with Gasteiger partial charge in [0.1, 0.15) is 11.7 Å². The number of aromatic nitrogens is 1. The van der Waals surface area contributed by atoms with Gasteiger partial charge in [0.2, 0.25) is 0 Å². The monoisotopic (exact) mass is 233 g/mol. The molecule has 0 aromatic carbocycles. The van der Waals surface area contributed by atoms with Gasteiger partial charge >= 0.3 is 5.97 Å². The number of rotatable bonds is 2. The Balaban J connectivity index is 2.13. The van der Waals surface area contributed by atoms with E-state index in [0.717, 1.165) is 12.0 Å². The SMILES string of the molecule is COC(=O)C1CC(c2ccncc2)CCC1=O. The Morgan fingerprint density at radius 1 is 1.41 bits per heavy atom. The Kier molecular flexibility index (Phi) is 3.52. The average Bonchev–Trinajstić information content (AvgIpc) is 2.39. The predicted octanol–water partition coefficient (Wildman–Crippen LogP) is 1.71. The van der Waals surface area contributed by atoms with Gasteiger partial charge in [-0.1, -0.05) is 0 Å². The molecule has 1 aromatic rings.